The second kappa shape index (κ2) is 11.5. The summed E-state index contributed by atoms with van der Waals surface area (Å²) in [6, 6.07) is 14.1. The van der Waals surface area contributed by atoms with Gasteiger partial charge in [0.15, 0.2) is 5.82 Å². The first-order chi connectivity index (χ1) is 19.5. The van der Waals surface area contributed by atoms with Crippen LogP contribution in [0.15, 0.2) is 47.3 Å². The van der Waals surface area contributed by atoms with Crippen molar-refractivity contribution in [3.05, 3.63) is 80.9 Å². The minimum atomic E-state index is -0.370. The van der Waals surface area contributed by atoms with Crippen LogP contribution in [0.25, 0.3) is 10.9 Å². The summed E-state index contributed by atoms with van der Waals surface area (Å²) in [4.78, 5) is 21.7. The van der Waals surface area contributed by atoms with Crippen molar-refractivity contribution in [2.45, 2.75) is 51.9 Å². The molecule has 0 bridgehead atoms. The van der Waals surface area contributed by atoms with Crippen molar-refractivity contribution in [2.24, 2.45) is 0 Å². The Morgan fingerprint density at radius 3 is 2.75 bits per heavy atom. The number of aromatic nitrogens is 5. The van der Waals surface area contributed by atoms with Crippen LogP contribution in [-0.4, -0.2) is 81.0 Å². The molecule has 1 N–H and O–H groups in total. The number of rotatable bonds is 8. The normalized spacial score (nSPS) is 19.3. The van der Waals surface area contributed by atoms with Crippen molar-refractivity contribution in [1.82, 2.24) is 35.0 Å². The molecule has 0 aliphatic carbocycles. The van der Waals surface area contributed by atoms with Crippen LogP contribution in [0, 0.1) is 13.8 Å². The number of hydrogen-bond acceptors (Lipinski definition) is 8. The Morgan fingerprint density at radius 1 is 1.12 bits per heavy atom. The van der Waals surface area contributed by atoms with Gasteiger partial charge in [0.2, 0.25) is 0 Å². The Morgan fingerprint density at radius 2 is 1.98 bits per heavy atom. The summed E-state index contributed by atoms with van der Waals surface area (Å²) in [6.07, 6.45) is 2.12. The predicted octanol–water partition coefficient (Wildman–Crippen LogP) is 3.23. The third-order valence-electron chi connectivity index (χ3n) is 8.39. The van der Waals surface area contributed by atoms with Crippen LogP contribution in [0.2, 0.25) is 0 Å². The molecular weight excluding hydrogens is 506 g/mol. The number of H-pyrrole nitrogens is 1. The third-order valence-corrected chi connectivity index (χ3v) is 8.39. The quantitative estimate of drug-likeness (QED) is 0.362. The largest absolute Gasteiger partial charge is 0.497 e. The van der Waals surface area contributed by atoms with E-state index in [-0.39, 0.29) is 17.7 Å². The molecule has 4 aromatic rings. The molecule has 2 unspecified atom stereocenters. The predicted molar refractivity (Wildman–Crippen MR) is 153 cm³/mol. The van der Waals surface area contributed by atoms with Crippen molar-refractivity contribution in [2.75, 3.05) is 39.9 Å². The van der Waals surface area contributed by atoms with E-state index < -0.39 is 0 Å². The maximum absolute atomic E-state index is 13.7. The molecule has 10 nitrogen and oxygen atoms in total. The molecule has 4 heterocycles. The monoisotopic (exact) mass is 543 g/mol. The van der Waals surface area contributed by atoms with Gasteiger partial charge in [-0.05, 0) is 77.4 Å². The Labute approximate surface area is 233 Å². The van der Waals surface area contributed by atoms with Gasteiger partial charge in [0.25, 0.3) is 5.56 Å². The van der Waals surface area contributed by atoms with Crippen LogP contribution < -0.4 is 10.3 Å². The molecule has 2 atom stereocenters. The number of piperazine rings is 1. The van der Waals surface area contributed by atoms with Gasteiger partial charge in [-0.25, -0.2) is 4.68 Å². The summed E-state index contributed by atoms with van der Waals surface area (Å²) < 4.78 is 13.1. The van der Waals surface area contributed by atoms with Crippen LogP contribution in [0.5, 0.6) is 5.75 Å². The summed E-state index contributed by atoms with van der Waals surface area (Å²) in [5.41, 5.74) is 4.92. The summed E-state index contributed by atoms with van der Waals surface area (Å²) >= 11 is 0. The summed E-state index contributed by atoms with van der Waals surface area (Å²) in [7, 11) is 1.70. The van der Waals surface area contributed by atoms with Crippen molar-refractivity contribution < 1.29 is 9.47 Å². The van der Waals surface area contributed by atoms with Crippen molar-refractivity contribution in [3.8, 4) is 5.75 Å². The van der Waals surface area contributed by atoms with Crippen LogP contribution >= 0.6 is 0 Å². The van der Waals surface area contributed by atoms with Gasteiger partial charge < -0.3 is 14.5 Å². The van der Waals surface area contributed by atoms with Gasteiger partial charge in [-0.3, -0.25) is 14.6 Å². The Bertz CT molecular complexity index is 1530. The lowest BCUT2D eigenvalue weighted by Gasteiger charge is -2.38. The minimum absolute atomic E-state index is 0.0862. The minimum Gasteiger partial charge on any atom is -0.497 e. The SMILES string of the molecule is COc1cccc(CN2CCN(C(c3cc4ccc(C)c(C)c4[nH]c3=O)c3nnnn3CC3CCCO3)CC2)c1. The highest BCUT2D eigenvalue weighted by atomic mass is 16.5. The third kappa shape index (κ3) is 5.39. The number of tetrazole rings is 1. The Hall–Kier alpha value is -3.60. The lowest BCUT2D eigenvalue weighted by atomic mass is 9.99. The van der Waals surface area contributed by atoms with Crippen LogP contribution in [-0.2, 0) is 17.8 Å². The highest BCUT2D eigenvalue weighted by Crippen LogP contribution is 2.30. The molecular formula is C30H37N7O3. The number of fused-ring (bicyclic) bond motifs is 1. The zero-order valence-corrected chi connectivity index (χ0v) is 23.5. The number of benzene rings is 2. The van der Waals surface area contributed by atoms with Crippen LogP contribution in [0.3, 0.4) is 0 Å². The van der Waals surface area contributed by atoms with Gasteiger partial charge in [-0.1, -0.05) is 24.3 Å². The number of nitrogens with zero attached hydrogens (tertiary/aromatic N) is 6. The highest BCUT2D eigenvalue weighted by molar-refractivity contribution is 5.83. The zero-order chi connectivity index (χ0) is 27.6. The molecule has 0 radical (unpaired) electrons. The molecule has 2 fully saturated rings. The van der Waals surface area contributed by atoms with E-state index in [2.05, 4.69) is 68.4 Å². The smallest absolute Gasteiger partial charge is 0.253 e. The summed E-state index contributed by atoms with van der Waals surface area (Å²) in [5, 5.41) is 13.9. The molecule has 2 aromatic carbocycles. The fraction of sp³-hybridized carbons (Fsp3) is 0.467. The van der Waals surface area contributed by atoms with E-state index >= 15 is 0 Å². The summed E-state index contributed by atoms with van der Waals surface area (Å²) in [5.74, 6) is 1.56. The zero-order valence-electron chi connectivity index (χ0n) is 23.5. The van der Waals surface area contributed by atoms with Gasteiger partial charge in [-0.2, -0.15) is 0 Å². The van der Waals surface area contributed by atoms with E-state index in [0.29, 0.717) is 17.9 Å². The number of hydrogen-bond donors (Lipinski definition) is 1. The van der Waals surface area contributed by atoms with Gasteiger partial charge in [0.05, 0.1) is 25.3 Å². The molecule has 10 heteroatoms. The molecule has 6 rings (SSSR count). The number of nitrogens with one attached hydrogen (secondary N) is 1. The van der Waals surface area contributed by atoms with Crippen LogP contribution in [0.1, 0.15) is 47.0 Å². The second-order valence-electron chi connectivity index (χ2n) is 10.9. The standard InChI is InChI=1S/C30H37N7O3/c1-20-9-10-23-17-26(30(38)31-27(23)21(20)2)28(29-32-33-34-37(29)19-25-8-5-15-40-25)36-13-11-35(12-14-36)18-22-6-4-7-24(16-22)39-3/h4,6-7,9-10,16-17,25,28H,5,8,11-15,18-19H2,1-3H3,(H,31,38). The van der Waals surface area contributed by atoms with Crippen molar-refractivity contribution >= 4 is 10.9 Å². The Kier molecular flexibility index (Phi) is 7.64. The average molecular weight is 544 g/mol. The lowest BCUT2D eigenvalue weighted by Crippen LogP contribution is -2.48. The lowest BCUT2D eigenvalue weighted by molar-refractivity contribution is 0.0840. The van der Waals surface area contributed by atoms with Crippen molar-refractivity contribution in [3.63, 3.8) is 0 Å². The number of ether oxygens (including phenoxy) is 2. The maximum Gasteiger partial charge on any atom is 0.253 e. The number of aromatic amines is 1. The number of pyridine rings is 1. The first kappa shape index (κ1) is 26.6. The second-order valence-corrected chi connectivity index (χ2v) is 10.9. The number of methoxy groups -OCH3 is 1. The van der Waals surface area contributed by atoms with Gasteiger partial charge >= 0.3 is 0 Å². The van der Waals surface area contributed by atoms with E-state index in [1.807, 2.05) is 22.9 Å². The fourth-order valence-electron chi connectivity index (χ4n) is 5.97. The van der Waals surface area contributed by atoms with Crippen molar-refractivity contribution in [1.29, 1.82) is 0 Å². The first-order valence-corrected chi connectivity index (χ1v) is 14.1. The first-order valence-electron chi connectivity index (χ1n) is 14.1. The maximum atomic E-state index is 13.7. The van der Waals surface area contributed by atoms with E-state index in [1.165, 1.54) is 5.56 Å². The fourth-order valence-corrected chi connectivity index (χ4v) is 5.97. The molecule has 2 saturated heterocycles. The molecule has 2 aliphatic heterocycles. The Balaban J connectivity index is 1.31. The summed E-state index contributed by atoms with van der Waals surface area (Å²) in [6.45, 7) is 9.61. The topological polar surface area (TPSA) is 101 Å². The highest BCUT2D eigenvalue weighted by Gasteiger charge is 2.33. The van der Waals surface area contributed by atoms with Gasteiger partial charge in [0.1, 0.15) is 11.8 Å². The molecule has 2 aromatic heterocycles. The van der Waals surface area contributed by atoms with E-state index in [0.717, 1.165) is 80.0 Å². The molecule has 0 amide bonds. The van der Waals surface area contributed by atoms with E-state index in [1.54, 1.807) is 7.11 Å². The molecule has 2 aliphatic rings. The van der Waals surface area contributed by atoms with Crippen LogP contribution in [0.4, 0.5) is 0 Å². The molecule has 210 valence electrons. The van der Waals surface area contributed by atoms with Gasteiger partial charge in [-0.15, -0.1) is 5.10 Å². The molecule has 40 heavy (non-hydrogen) atoms. The van der Waals surface area contributed by atoms with Gasteiger partial charge in [0, 0.05) is 44.9 Å². The van der Waals surface area contributed by atoms with E-state index in [4.69, 9.17) is 9.47 Å². The molecule has 0 spiro atoms. The van der Waals surface area contributed by atoms with E-state index in [9.17, 15) is 4.79 Å². The molecule has 0 saturated carbocycles. The average Bonchev–Trinajstić information content (AvgIpc) is 3.66. The number of aryl methyl sites for hydroxylation is 2.